The fraction of sp³-hybridized carbons (Fsp3) is 0.368. The lowest BCUT2D eigenvalue weighted by molar-refractivity contribution is -0.117. The van der Waals surface area contributed by atoms with Gasteiger partial charge in [0.15, 0.2) is 0 Å². The smallest absolute Gasteiger partial charge is 0.144 e. The summed E-state index contributed by atoms with van der Waals surface area (Å²) in [5, 5.41) is 8.05. The third-order valence-corrected chi connectivity index (χ3v) is 4.17. The number of hydrogen-bond donors (Lipinski definition) is 0. The number of carbonyl (C=O) groups excluding carboxylic acids is 1. The molecule has 0 aromatic carbocycles. The lowest BCUT2D eigenvalue weighted by Gasteiger charge is -2.16. The Hall–Kier alpha value is -2.36. The van der Waals surface area contributed by atoms with Crippen LogP contribution in [0, 0.1) is 18.8 Å². The number of nitrogens with zero attached hydrogens (tertiary/aromatic N) is 3. The maximum absolute atomic E-state index is 12.3. The number of allylic oxidation sites excluding steroid dienone is 6. The molecule has 0 N–H and O–H groups in total. The zero-order valence-corrected chi connectivity index (χ0v) is 13.8. The normalized spacial score (nSPS) is 19.3. The number of rotatable bonds is 5. The van der Waals surface area contributed by atoms with E-state index in [1.54, 1.807) is 0 Å². The van der Waals surface area contributed by atoms with Gasteiger partial charge in [-0.05, 0) is 36.1 Å². The number of aryl methyl sites for hydroxylation is 1. The fourth-order valence-corrected chi connectivity index (χ4v) is 2.81. The van der Waals surface area contributed by atoms with Gasteiger partial charge in [0, 0.05) is 18.6 Å². The topological polar surface area (TPSA) is 55.2 Å². The first-order valence-corrected chi connectivity index (χ1v) is 8.01. The van der Waals surface area contributed by atoms with Gasteiger partial charge < -0.3 is 0 Å². The number of aromatic nitrogens is 2. The summed E-state index contributed by atoms with van der Waals surface area (Å²) in [4.78, 5) is 16.8. The molecule has 2 heterocycles. The highest BCUT2D eigenvalue weighted by Gasteiger charge is 2.23. The van der Waals surface area contributed by atoms with Gasteiger partial charge in [-0.25, -0.2) is 0 Å². The Labute approximate surface area is 136 Å². The molecule has 118 valence electrons. The summed E-state index contributed by atoms with van der Waals surface area (Å²) in [6, 6.07) is 3.74. The third kappa shape index (κ3) is 3.52. The van der Waals surface area contributed by atoms with E-state index in [2.05, 4.69) is 47.3 Å². The monoisotopic (exact) mass is 307 g/mol. The van der Waals surface area contributed by atoms with E-state index in [0.29, 0.717) is 24.5 Å². The Morgan fingerprint density at radius 3 is 2.70 bits per heavy atom. The first-order valence-electron chi connectivity index (χ1n) is 8.01. The highest BCUT2D eigenvalue weighted by molar-refractivity contribution is 5.86. The van der Waals surface area contributed by atoms with Crippen LogP contribution in [0.2, 0.25) is 0 Å². The van der Waals surface area contributed by atoms with Gasteiger partial charge in [0.1, 0.15) is 5.78 Å². The molecule has 0 fully saturated rings. The van der Waals surface area contributed by atoms with Gasteiger partial charge in [0.2, 0.25) is 0 Å². The van der Waals surface area contributed by atoms with Crippen molar-refractivity contribution in [3.8, 4) is 0 Å². The molecule has 1 aromatic rings. The molecule has 0 radical (unpaired) electrons. The largest absolute Gasteiger partial charge is 0.299 e. The fourth-order valence-electron chi connectivity index (χ4n) is 2.81. The minimum absolute atomic E-state index is 0.121. The quantitative estimate of drug-likeness (QED) is 0.838. The van der Waals surface area contributed by atoms with Crippen LogP contribution >= 0.6 is 0 Å². The van der Waals surface area contributed by atoms with Crippen molar-refractivity contribution in [2.24, 2.45) is 16.8 Å². The lowest BCUT2D eigenvalue weighted by Crippen LogP contribution is -2.08. The van der Waals surface area contributed by atoms with Gasteiger partial charge in [-0.1, -0.05) is 32.1 Å². The summed E-state index contributed by atoms with van der Waals surface area (Å²) in [5.74, 6) is 0.849. The maximum atomic E-state index is 12.3. The summed E-state index contributed by atoms with van der Waals surface area (Å²) in [5.41, 5.74) is 4.93. The van der Waals surface area contributed by atoms with E-state index in [-0.39, 0.29) is 11.7 Å². The zero-order chi connectivity index (χ0) is 16.4. The molecule has 1 atom stereocenters. The molecule has 0 saturated carbocycles. The SMILES string of the molecule is Cc1ccc(CC(=O)CC2=C3C=CC(C(C)C)=CC3C=N2)nn1. The number of fused-ring (bicyclic) bond motifs is 1. The Morgan fingerprint density at radius 2 is 2.00 bits per heavy atom. The van der Waals surface area contributed by atoms with Crippen molar-refractivity contribution in [3.05, 3.63) is 58.6 Å². The van der Waals surface area contributed by atoms with E-state index in [9.17, 15) is 4.79 Å². The van der Waals surface area contributed by atoms with Crippen LogP contribution in [0.3, 0.4) is 0 Å². The van der Waals surface area contributed by atoms with Gasteiger partial charge in [-0.15, -0.1) is 0 Å². The molecule has 1 aliphatic carbocycles. The van der Waals surface area contributed by atoms with Crippen molar-refractivity contribution >= 4 is 12.0 Å². The molecule has 0 saturated heterocycles. The minimum Gasteiger partial charge on any atom is -0.299 e. The van der Waals surface area contributed by atoms with Crippen LogP contribution in [0.1, 0.15) is 31.7 Å². The maximum Gasteiger partial charge on any atom is 0.144 e. The average Bonchev–Trinajstić information content (AvgIpc) is 2.92. The first-order chi connectivity index (χ1) is 11.0. The average molecular weight is 307 g/mol. The summed E-state index contributed by atoms with van der Waals surface area (Å²) in [6.45, 7) is 6.25. The van der Waals surface area contributed by atoms with Crippen molar-refractivity contribution in [1.29, 1.82) is 0 Å². The standard InChI is InChI=1S/C19H21N3O/c1-12(2)14-5-7-18-15(8-14)11-20-19(18)10-17(23)9-16-6-4-13(3)21-22-16/h4-8,11-12,15H,9-10H2,1-3H3. The molecule has 1 aromatic heterocycles. The molecule has 4 nitrogen and oxygen atoms in total. The number of carbonyl (C=O) groups is 1. The Bertz CT molecular complexity index is 736. The van der Waals surface area contributed by atoms with Crippen LogP contribution in [0.4, 0.5) is 0 Å². The molecule has 0 amide bonds. The minimum atomic E-state index is 0.121. The molecule has 0 spiro atoms. The summed E-state index contributed by atoms with van der Waals surface area (Å²) in [6.07, 6.45) is 9.10. The molecular formula is C19H21N3O. The molecule has 23 heavy (non-hydrogen) atoms. The van der Waals surface area contributed by atoms with Crippen LogP contribution in [-0.4, -0.2) is 22.2 Å². The van der Waals surface area contributed by atoms with Crippen molar-refractivity contribution in [1.82, 2.24) is 10.2 Å². The van der Waals surface area contributed by atoms with E-state index in [4.69, 9.17) is 0 Å². The third-order valence-electron chi connectivity index (χ3n) is 4.17. The van der Waals surface area contributed by atoms with E-state index < -0.39 is 0 Å². The number of hydrogen-bond acceptors (Lipinski definition) is 4. The Balaban J connectivity index is 1.68. The molecule has 4 heteroatoms. The number of Topliss-reactive ketones (excluding diaryl/α,β-unsaturated/α-hetero) is 1. The van der Waals surface area contributed by atoms with Gasteiger partial charge in [-0.2, -0.15) is 10.2 Å². The molecule has 1 aliphatic heterocycles. The molecule has 3 rings (SSSR count). The molecule has 2 aliphatic rings. The Kier molecular flexibility index (Phi) is 4.33. The van der Waals surface area contributed by atoms with Crippen molar-refractivity contribution < 1.29 is 4.79 Å². The van der Waals surface area contributed by atoms with E-state index in [1.165, 1.54) is 5.57 Å². The second kappa shape index (κ2) is 6.41. The number of ketones is 1. The van der Waals surface area contributed by atoms with E-state index >= 15 is 0 Å². The highest BCUT2D eigenvalue weighted by Crippen LogP contribution is 2.32. The van der Waals surface area contributed by atoms with Gasteiger partial charge >= 0.3 is 0 Å². The van der Waals surface area contributed by atoms with Crippen molar-refractivity contribution in [2.75, 3.05) is 0 Å². The zero-order valence-electron chi connectivity index (χ0n) is 13.8. The highest BCUT2D eigenvalue weighted by atomic mass is 16.1. The summed E-state index contributed by atoms with van der Waals surface area (Å²) >= 11 is 0. The lowest BCUT2D eigenvalue weighted by atomic mass is 9.87. The summed E-state index contributed by atoms with van der Waals surface area (Å²) in [7, 11) is 0. The second-order valence-corrected chi connectivity index (χ2v) is 6.42. The number of aliphatic imine (C=N–C) groups is 1. The van der Waals surface area contributed by atoms with Crippen molar-refractivity contribution in [3.63, 3.8) is 0 Å². The van der Waals surface area contributed by atoms with Crippen LogP contribution in [0.15, 0.2) is 52.2 Å². The first kappa shape index (κ1) is 15.5. The molecule has 1 unspecified atom stereocenters. The van der Waals surface area contributed by atoms with Crippen LogP contribution in [0.5, 0.6) is 0 Å². The molecule has 0 bridgehead atoms. The van der Waals surface area contributed by atoms with E-state index in [1.807, 2.05) is 25.3 Å². The van der Waals surface area contributed by atoms with Crippen LogP contribution < -0.4 is 0 Å². The van der Waals surface area contributed by atoms with Crippen LogP contribution in [0.25, 0.3) is 0 Å². The molecular weight excluding hydrogens is 286 g/mol. The second-order valence-electron chi connectivity index (χ2n) is 6.42. The van der Waals surface area contributed by atoms with Gasteiger partial charge in [-0.3, -0.25) is 9.79 Å². The van der Waals surface area contributed by atoms with Crippen LogP contribution in [-0.2, 0) is 11.2 Å². The summed E-state index contributed by atoms with van der Waals surface area (Å²) < 4.78 is 0. The van der Waals surface area contributed by atoms with E-state index in [0.717, 1.165) is 17.0 Å². The predicted molar refractivity (Wildman–Crippen MR) is 91.2 cm³/mol. The van der Waals surface area contributed by atoms with Crippen molar-refractivity contribution in [2.45, 2.75) is 33.6 Å². The predicted octanol–water partition coefficient (Wildman–Crippen LogP) is 3.39. The van der Waals surface area contributed by atoms with Gasteiger partial charge in [0.25, 0.3) is 0 Å². The van der Waals surface area contributed by atoms with Gasteiger partial charge in [0.05, 0.1) is 23.5 Å². The Morgan fingerprint density at radius 1 is 1.17 bits per heavy atom.